The van der Waals surface area contributed by atoms with Crippen molar-refractivity contribution in [1.29, 1.82) is 0 Å². The molecule has 2 rings (SSSR count). The number of hydrogen-bond donors (Lipinski definition) is 0. The standard InChI is InChI=1S/C23H31NO2/c1-5-24(6-2)18-17-19(3)26-22(25)23(4,20-13-9-7-10-14-20)21-15-11-8-12-16-21/h7-16,19H,5-6,17-18H2,1-4H3. The van der Waals surface area contributed by atoms with Crippen LogP contribution in [0.2, 0.25) is 0 Å². The Labute approximate surface area is 158 Å². The van der Waals surface area contributed by atoms with E-state index < -0.39 is 5.41 Å². The molecule has 140 valence electrons. The number of hydrogen-bond acceptors (Lipinski definition) is 3. The lowest BCUT2D eigenvalue weighted by Crippen LogP contribution is -2.38. The molecule has 0 aromatic heterocycles. The average Bonchev–Trinajstić information content (AvgIpc) is 2.69. The monoisotopic (exact) mass is 353 g/mol. The molecule has 2 aromatic rings. The van der Waals surface area contributed by atoms with E-state index in [1.54, 1.807) is 0 Å². The summed E-state index contributed by atoms with van der Waals surface area (Å²) < 4.78 is 5.90. The molecule has 0 bridgehead atoms. The normalized spacial score (nSPS) is 12.8. The Bertz CT molecular complexity index is 626. The minimum Gasteiger partial charge on any atom is -0.462 e. The molecule has 0 fully saturated rings. The zero-order valence-electron chi connectivity index (χ0n) is 16.4. The molecule has 0 aliphatic carbocycles. The number of benzene rings is 2. The molecule has 0 saturated carbocycles. The van der Waals surface area contributed by atoms with E-state index in [0.29, 0.717) is 0 Å². The van der Waals surface area contributed by atoms with E-state index in [1.165, 1.54) is 0 Å². The third kappa shape index (κ3) is 4.73. The van der Waals surface area contributed by atoms with Crippen LogP contribution in [0.3, 0.4) is 0 Å². The first kappa shape index (κ1) is 20.2. The number of rotatable bonds is 9. The van der Waals surface area contributed by atoms with Crippen molar-refractivity contribution in [2.75, 3.05) is 19.6 Å². The van der Waals surface area contributed by atoms with Crippen molar-refractivity contribution in [3.05, 3.63) is 71.8 Å². The second-order valence-corrected chi connectivity index (χ2v) is 6.89. The van der Waals surface area contributed by atoms with Gasteiger partial charge in [-0.2, -0.15) is 0 Å². The summed E-state index contributed by atoms with van der Waals surface area (Å²) in [4.78, 5) is 15.6. The first-order valence-electron chi connectivity index (χ1n) is 9.56. The number of ether oxygens (including phenoxy) is 1. The fraction of sp³-hybridized carbons (Fsp3) is 0.435. The molecule has 3 heteroatoms. The van der Waals surface area contributed by atoms with Crippen LogP contribution in [0.15, 0.2) is 60.7 Å². The zero-order chi connectivity index (χ0) is 19.0. The minimum atomic E-state index is -0.814. The largest absolute Gasteiger partial charge is 0.462 e. The molecular weight excluding hydrogens is 322 g/mol. The van der Waals surface area contributed by atoms with E-state index in [9.17, 15) is 4.79 Å². The maximum atomic E-state index is 13.2. The molecule has 26 heavy (non-hydrogen) atoms. The number of carbonyl (C=O) groups is 1. The molecule has 0 spiro atoms. The van der Waals surface area contributed by atoms with Crippen LogP contribution in [0.1, 0.15) is 45.2 Å². The first-order valence-corrected chi connectivity index (χ1v) is 9.56. The number of nitrogens with zero attached hydrogens (tertiary/aromatic N) is 1. The van der Waals surface area contributed by atoms with Gasteiger partial charge in [0.1, 0.15) is 11.5 Å². The summed E-state index contributed by atoms with van der Waals surface area (Å²) >= 11 is 0. The maximum absolute atomic E-state index is 13.2. The first-order chi connectivity index (χ1) is 12.5. The lowest BCUT2D eigenvalue weighted by atomic mass is 9.76. The third-order valence-electron chi connectivity index (χ3n) is 5.17. The van der Waals surface area contributed by atoms with Crippen LogP contribution in [0.25, 0.3) is 0 Å². The highest BCUT2D eigenvalue weighted by Crippen LogP contribution is 2.33. The summed E-state index contributed by atoms with van der Waals surface area (Å²) in [6.07, 6.45) is 0.724. The summed E-state index contributed by atoms with van der Waals surface area (Å²) in [5.41, 5.74) is 1.09. The molecule has 3 nitrogen and oxygen atoms in total. The molecule has 2 aromatic carbocycles. The van der Waals surface area contributed by atoms with E-state index in [4.69, 9.17) is 4.74 Å². The molecule has 1 atom stereocenters. The van der Waals surface area contributed by atoms with Gasteiger partial charge in [0.25, 0.3) is 0 Å². The van der Waals surface area contributed by atoms with Crippen LogP contribution in [-0.2, 0) is 14.9 Å². The highest BCUT2D eigenvalue weighted by Gasteiger charge is 2.39. The van der Waals surface area contributed by atoms with Gasteiger partial charge in [-0.1, -0.05) is 74.5 Å². The lowest BCUT2D eigenvalue weighted by molar-refractivity contribution is -0.153. The molecular formula is C23H31NO2. The summed E-state index contributed by atoms with van der Waals surface area (Å²) in [6.45, 7) is 11.2. The van der Waals surface area contributed by atoms with Crippen LogP contribution in [0, 0.1) is 0 Å². The van der Waals surface area contributed by atoms with Crippen molar-refractivity contribution in [3.63, 3.8) is 0 Å². The molecule has 0 saturated heterocycles. The predicted octanol–water partition coefficient (Wildman–Crippen LogP) is 4.66. The van der Waals surface area contributed by atoms with Crippen molar-refractivity contribution < 1.29 is 9.53 Å². The fourth-order valence-corrected chi connectivity index (χ4v) is 3.21. The Morgan fingerprint density at radius 3 is 1.85 bits per heavy atom. The third-order valence-corrected chi connectivity index (χ3v) is 5.17. The van der Waals surface area contributed by atoms with Crippen LogP contribution in [0.4, 0.5) is 0 Å². The van der Waals surface area contributed by atoms with E-state index in [0.717, 1.165) is 37.2 Å². The molecule has 0 aliphatic rings. The Morgan fingerprint density at radius 2 is 1.42 bits per heavy atom. The summed E-state index contributed by atoms with van der Waals surface area (Å²) in [6, 6.07) is 19.8. The number of carbonyl (C=O) groups excluding carboxylic acids is 1. The SMILES string of the molecule is CCN(CC)CCC(C)OC(=O)C(C)(c1ccccc1)c1ccccc1. The fourth-order valence-electron chi connectivity index (χ4n) is 3.21. The smallest absolute Gasteiger partial charge is 0.321 e. The van der Waals surface area contributed by atoms with E-state index in [1.807, 2.05) is 74.5 Å². The summed E-state index contributed by atoms with van der Waals surface area (Å²) in [7, 11) is 0. The van der Waals surface area contributed by atoms with Crippen LogP contribution in [-0.4, -0.2) is 36.6 Å². The second-order valence-electron chi connectivity index (χ2n) is 6.89. The zero-order valence-corrected chi connectivity index (χ0v) is 16.4. The van der Waals surface area contributed by atoms with Gasteiger partial charge in [0, 0.05) is 6.54 Å². The van der Waals surface area contributed by atoms with Crippen molar-refractivity contribution in [2.45, 2.75) is 45.6 Å². The van der Waals surface area contributed by atoms with Gasteiger partial charge in [0.15, 0.2) is 0 Å². The topological polar surface area (TPSA) is 29.5 Å². The van der Waals surface area contributed by atoms with Gasteiger partial charge in [-0.15, -0.1) is 0 Å². The quantitative estimate of drug-likeness (QED) is 0.614. The summed E-state index contributed by atoms with van der Waals surface area (Å²) in [5.74, 6) is -0.193. The van der Waals surface area contributed by atoms with E-state index in [2.05, 4.69) is 18.7 Å². The number of esters is 1. The highest BCUT2D eigenvalue weighted by molar-refractivity contribution is 5.87. The van der Waals surface area contributed by atoms with Gasteiger partial charge in [-0.05, 0) is 44.5 Å². The molecule has 0 heterocycles. The lowest BCUT2D eigenvalue weighted by Gasteiger charge is -2.30. The summed E-state index contributed by atoms with van der Waals surface area (Å²) in [5, 5.41) is 0. The molecule has 0 amide bonds. The Hall–Kier alpha value is -2.13. The Kier molecular flexibility index (Phi) is 7.40. The van der Waals surface area contributed by atoms with Crippen LogP contribution < -0.4 is 0 Å². The Balaban J connectivity index is 2.20. The highest BCUT2D eigenvalue weighted by atomic mass is 16.5. The van der Waals surface area contributed by atoms with Gasteiger partial charge >= 0.3 is 5.97 Å². The predicted molar refractivity (Wildman–Crippen MR) is 107 cm³/mol. The van der Waals surface area contributed by atoms with Gasteiger partial charge < -0.3 is 9.64 Å². The van der Waals surface area contributed by atoms with E-state index in [-0.39, 0.29) is 12.1 Å². The van der Waals surface area contributed by atoms with Gasteiger partial charge in [0.2, 0.25) is 0 Å². The van der Waals surface area contributed by atoms with Crippen molar-refractivity contribution in [2.24, 2.45) is 0 Å². The van der Waals surface area contributed by atoms with Gasteiger partial charge in [-0.25, -0.2) is 0 Å². The van der Waals surface area contributed by atoms with E-state index >= 15 is 0 Å². The average molecular weight is 354 g/mol. The molecule has 1 unspecified atom stereocenters. The second kappa shape index (κ2) is 9.54. The van der Waals surface area contributed by atoms with Gasteiger partial charge in [-0.3, -0.25) is 4.79 Å². The molecule has 0 radical (unpaired) electrons. The van der Waals surface area contributed by atoms with Crippen LogP contribution in [0.5, 0.6) is 0 Å². The maximum Gasteiger partial charge on any atom is 0.321 e. The van der Waals surface area contributed by atoms with Crippen LogP contribution >= 0.6 is 0 Å². The van der Waals surface area contributed by atoms with Crippen molar-refractivity contribution in [3.8, 4) is 0 Å². The van der Waals surface area contributed by atoms with Crippen molar-refractivity contribution in [1.82, 2.24) is 4.90 Å². The van der Waals surface area contributed by atoms with Crippen molar-refractivity contribution >= 4 is 5.97 Å². The molecule has 0 N–H and O–H groups in total. The Morgan fingerprint density at radius 1 is 0.962 bits per heavy atom. The minimum absolute atomic E-state index is 0.116. The molecule has 0 aliphatic heterocycles. The van der Waals surface area contributed by atoms with Gasteiger partial charge in [0.05, 0.1) is 0 Å².